The summed E-state index contributed by atoms with van der Waals surface area (Å²) in [6.07, 6.45) is -15.6. The summed E-state index contributed by atoms with van der Waals surface area (Å²) in [6.45, 7) is -1.33. The molecule has 0 amide bonds. The number of aliphatic hydroxyl groups is 8. The summed E-state index contributed by atoms with van der Waals surface area (Å²) in [6, 6.07) is 0. The van der Waals surface area contributed by atoms with Crippen molar-refractivity contribution in [1.29, 1.82) is 0 Å². The first-order valence-corrected chi connectivity index (χ1v) is 7.08. The van der Waals surface area contributed by atoms with Gasteiger partial charge in [-0.3, -0.25) is 0 Å². The molecule has 2 fully saturated rings. The lowest BCUT2D eigenvalue weighted by Gasteiger charge is -2.44. The summed E-state index contributed by atoms with van der Waals surface area (Å²) in [4.78, 5) is 0. The van der Waals surface area contributed by atoms with Gasteiger partial charge in [-0.25, -0.2) is 0 Å². The highest BCUT2D eigenvalue weighted by atomic mass is 16.8. The molecule has 136 valence electrons. The molecule has 0 aromatic carbocycles. The second-order valence-electron chi connectivity index (χ2n) is 5.53. The lowest BCUT2D eigenvalue weighted by Crippen LogP contribution is -2.63. The number of ether oxygens (including phenoxy) is 3. The maximum Gasteiger partial charge on any atom is 0.189 e. The van der Waals surface area contributed by atoms with Crippen LogP contribution in [0.5, 0.6) is 0 Å². The van der Waals surface area contributed by atoms with Crippen LogP contribution in [0.15, 0.2) is 0 Å². The quantitative estimate of drug-likeness (QED) is 0.243. The van der Waals surface area contributed by atoms with Crippen LogP contribution < -0.4 is 0 Å². The van der Waals surface area contributed by atoms with Crippen molar-refractivity contribution in [2.75, 3.05) is 13.2 Å². The van der Waals surface area contributed by atoms with Crippen LogP contribution >= 0.6 is 0 Å². The zero-order chi connectivity index (χ0) is 17.3. The lowest BCUT2D eigenvalue weighted by molar-refractivity contribution is -0.376. The Hall–Kier alpha value is -0.440. The first-order chi connectivity index (χ1) is 10.8. The van der Waals surface area contributed by atoms with Crippen LogP contribution in [0, 0.1) is 0 Å². The van der Waals surface area contributed by atoms with Gasteiger partial charge < -0.3 is 55.1 Å². The van der Waals surface area contributed by atoms with Gasteiger partial charge >= 0.3 is 0 Å². The van der Waals surface area contributed by atoms with Crippen molar-refractivity contribution in [2.24, 2.45) is 0 Å². The van der Waals surface area contributed by atoms with Crippen LogP contribution in [-0.2, 0) is 14.2 Å². The number of hydrogen-bond acceptors (Lipinski definition) is 11. The van der Waals surface area contributed by atoms with Gasteiger partial charge in [-0.15, -0.1) is 0 Å². The number of rotatable bonds is 4. The zero-order valence-corrected chi connectivity index (χ0v) is 12.0. The molecule has 8 N–H and O–H groups in total. The normalized spacial score (nSPS) is 51.7. The third kappa shape index (κ3) is 3.65. The topological polar surface area (TPSA) is 190 Å². The van der Waals surface area contributed by atoms with E-state index >= 15 is 0 Å². The fourth-order valence-electron chi connectivity index (χ4n) is 2.49. The molecule has 2 saturated heterocycles. The summed E-state index contributed by atoms with van der Waals surface area (Å²) in [5.74, 6) is 0. The summed E-state index contributed by atoms with van der Waals surface area (Å²) < 4.78 is 15.3. The summed E-state index contributed by atoms with van der Waals surface area (Å²) in [5.41, 5.74) is 0. The molecule has 0 unspecified atom stereocenters. The Kier molecular flexibility index (Phi) is 6.27. The van der Waals surface area contributed by atoms with Gasteiger partial charge in [-0.2, -0.15) is 0 Å². The molecular weight excluding hydrogens is 320 g/mol. The fraction of sp³-hybridized carbons (Fsp3) is 1.00. The second-order valence-corrected chi connectivity index (χ2v) is 5.53. The molecule has 0 radical (unpaired) electrons. The molecule has 10 atom stereocenters. The third-order valence-electron chi connectivity index (χ3n) is 3.97. The average Bonchev–Trinajstić information content (AvgIpc) is 2.55. The van der Waals surface area contributed by atoms with E-state index in [-0.39, 0.29) is 0 Å². The van der Waals surface area contributed by atoms with Crippen LogP contribution in [0.4, 0.5) is 0 Å². The molecule has 0 aromatic heterocycles. The standard InChI is InChI=1S/C12H22O11/c13-1-3-5(15)7(17)9(19)11(21-3)23-12-10(20)8(18)6(16)4(2-14)22-12/h3-20H,1-2H2/t3-,4-,5+,6+,7-,8+,9+,10-,11+,12-/m1/s1. The maximum atomic E-state index is 9.84. The Labute approximate surface area is 130 Å². The Morgan fingerprint density at radius 1 is 0.565 bits per heavy atom. The lowest BCUT2D eigenvalue weighted by atomic mass is 9.98. The summed E-state index contributed by atoms with van der Waals surface area (Å²) in [5, 5.41) is 76.4. The van der Waals surface area contributed by atoms with E-state index in [1.54, 1.807) is 0 Å². The highest BCUT2D eigenvalue weighted by molar-refractivity contribution is 4.92. The SMILES string of the molecule is OC[C@H]1O[C@@H](O[C@H]2O[C@H](CO)[C@H](O)[C@H](O)[C@H]2O)[C@@H](O)[C@H](O)[C@H]1O. The van der Waals surface area contributed by atoms with E-state index in [0.717, 1.165) is 0 Å². The molecule has 23 heavy (non-hydrogen) atoms. The first kappa shape index (κ1) is 18.9. The second kappa shape index (κ2) is 7.63. The van der Waals surface area contributed by atoms with Crippen LogP contribution in [-0.4, -0.2) is 115 Å². The van der Waals surface area contributed by atoms with E-state index in [1.807, 2.05) is 0 Å². The Bertz CT molecular complexity index is 344. The van der Waals surface area contributed by atoms with Gasteiger partial charge in [0.05, 0.1) is 13.2 Å². The van der Waals surface area contributed by atoms with Crippen molar-refractivity contribution >= 4 is 0 Å². The molecule has 2 aliphatic rings. The average molecular weight is 342 g/mol. The van der Waals surface area contributed by atoms with Crippen LogP contribution in [0.2, 0.25) is 0 Å². The Morgan fingerprint density at radius 2 is 0.913 bits per heavy atom. The van der Waals surface area contributed by atoms with Crippen molar-refractivity contribution in [3.8, 4) is 0 Å². The molecule has 11 heteroatoms. The monoisotopic (exact) mass is 342 g/mol. The largest absolute Gasteiger partial charge is 0.394 e. The van der Waals surface area contributed by atoms with Gasteiger partial charge in [0, 0.05) is 0 Å². The van der Waals surface area contributed by atoms with Crippen LogP contribution in [0.1, 0.15) is 0 Å². The van der Waals surface area contributed by atoms with E-state index in [2.05, 4.69) is 0 Å². The van der Waals surface area contributed by atoms with Gasteiger partial charge in [0.25, 0.3) is 0 Å². The fourth-order valence-corrected chi connectivity index (χ4v) is 2.49. The minimum Gasteiger partial charge on any atom is -0.394 e. The van der Waals surface area contributed by atoms with Gasteiger partial charge in [-0.05, 0) is 0 Å². The van der Waals surface area contributed by atoms with Gasteiger partial charge in [0.1, 0.15) is 48.8 Å². The molecule has 0 bridgehead atoms. The van der Waals surface area contributed by atoms with Crippen molar-refractivity contribution in [3.05, 3.63) is 0 Å². The van der Waals surface area contributed by atoms with Crippen LogP contribution in [0.25, 0.3) is 0 Å². The number of aliphatic hydroxyl groups excluding tert-OH is 8. The van der Waals surface area contributed by atoms with Crippen LogP contribution in [0.3, 0.4) is 0 Å². The highest BCUT2D eigenvalue weighted by Gasteiger charge is 2.49. The molecule has 0 spiro atoms. The molecule has 2 aliphatic heterocycles. The predicted octanol–water partition coefficient (Wildman–Crippen LogP) is -5.40. The van der Waals surface area contributed by atoms with E-state index in [0.29, 0.717) is 0 Å². The van der Waals surface area contributed by atoms with Crippen molar-refractivity contribution in [3.63, 3.8) is 0 Å². The Balaban J connectivity index is 2.07. The van der Waals surface area contributed by atoms with Gasteiger partial charge in [0.15, 0.2) is 12.6 Å². The molecule has 11 nitrogen and oxygen atoms in total. The van der Waals surface area contributed by atoms with Gasteiger partial charge in [-0.1, -0.05) is 0 Å². The van der Waals surface area contributed by atoms with E-state index in [4.69, 9.17) is 24.4 Å². The molecule has 0 aliphatic carbocycles. The molecule has 0 aromatic rings. The van der Waals surface area contributed by atoms with E-state index in [1.165, 1.54) is 0 Å². The zero-order valence-electron chi connectivity index (χ0n) is 12.0. The maximum absolute atomic E-state index is 9.84. The van der Waals surface area contributed by atoms with E-state index in [9.17, 15) is 30.6 Å². The number of hydrogen-bond donors (Lipinski definition) is 8. The predicted molar refractivity (Wildman–Crippen MR) is 68.6 cm³/mol. The van der Waals surface area contributed by atoms with Gasteiger partial charge in [0.2, 0.25) is 0 Å². The molecule has 0 saturated carbocycles. The first-order valence-electron chi connectivity index (χ1n) is 7.08. The summed E-state index contributed by atoms with van der Waals surface area (Å²) in [7, 11) is 0. The minimum atomic E-state index is -1.72. The molecule has 2 heterocycles. The van der Waals surface area contributed by atoms with Crippen molar-refractivity contribution in [2.45, 2.75) is 61.4 Å². The minimum absolute atomic E-state index is 0.667. The van der Waals surface area contributed by atoms with Crippen molar-refractivity contribution < 1.29 is 55.1 Å². The molecule has 2 rings (SSSR count). The smallest absolute Gasteiger partial charge is 0.189 e. The summed E-state index contributed by atoms with van der Waals surface area (Å²) >= 11 is 0. The third-order valence-corrected chi connectivity index (χ3v) is 3.97. The van der Waals surface area contributed by atoms with E-state index < -0.39 is 74.6 Å². The van der Waals surface area contributed by atoms with Crippen molar-refractivity contribution in [1.82, 2.24) is 0 Å². The Morgan fingerprint density at radius 3 is 1.22 bits per heavy atom. The molecular formula is C12H22O11. The highest BCUT2D eigenvalue weighted by Crippen LogP contribution is 2.27.